The first-order valence-corrected chi connectivity index (χ1v) is 6.77. The zero-order chi connectivity index (χ0) is 13.3. The molecule has 1 amide bonds. The number of rotatable bonds is 6. The first-order valence-electron chi connectivity index (χ1n) is 6.77. The zero-order valence-electron chi connectivity index (χ0n) is 11.1. The molecule has 1 saturated heterocycles. The maximum Gasteiger partial charge on any atom is 0.244 e. The molecular weight excluding hydrogens is 242 g/mol. The van der Waals surface area contributed by atoms with Crippen molar-refractivity contribution in [2.75, 3.05) is 39.3 Å². The van der Waals surface area contributed by atoms with Gasteiger partial charge in [-0.3, -0.25) is 4.79 Å². The van der Waals surface area contributed by atoms with E-state index >= 15 is 0 Å². The molecule has 5 heteroatoms. The van der Waals surface area contributed by atoms with Crippen LogP contribution in [0, 0.1) is 0 Å². The summed E-state index contributed by atoms with van der Waals surface area (Å²) in [7, 11) is 0. The number of hydrogen-bond donors (Lipinski definition) is 2. The summed E-state index contributed by atoms with van der Waals surface area (Å²) in [5.41, 5.74) is 0. The molecule has 19 heavy (non-hydrogen) atoms. The molecule has 104 valence electrons. The highest BCUT2D eigenvalue weighted by atomic mass is 16.3. The highest BCUT2D eigenvalue weighted by Crippen LogP contribution is 2.01. The highest BCUT2D eigenvalue weighted by molar-refractivity contribution is 5.91. The minimum Gasteiger partial charge on any atom is -0.465 e. The van der Waals surface area contributed by atoms with Gasteiger partial charge in [0.1, 0.15) is 5.76 Å². The summed E-state index contributed by atoms with van der Waals surface area (Å²) in [5.74, 6) is 0.618. The van der Waals surface area contributed by atoms with Crippen molar-refractivity contribution in [2.45, 2.75) is 6.42 Å². The van der Waals surface area contributed by atoms with Gasteiger partial charge in [0.2, 0.25) is 5.91 Å². The second kappa shape index (κ2) is 7.76. The monoisotopic (exact) mass is 263 g/mol. The van der Waals surface area contributed by atoms with Crippen molar-refractivity contribution in [3.8, 4) is 0 Å². The molecule has 2 heterocycles. The Morgan fingerprint density at radius 2 is 2.32 bits per heavy atom. The fourth-order valence-corrected chi connectivity index (χ4v) is 2.05. The Balaban J connectivity index is 1.56. The second-order valence-corrected chi connectivity index (χ2v) is 4.58. The third-order valence-electron chi connectivity index (χ3n) is 3.10. The molecule has 0 bridgehead atoms. The first-order chi connectivity index (χ1) is 9.34. The van der Waals surface area contributed by atoms with E-state index < -0.39 is 0 Å². The number of nitrogens with one attached hydrogen (secondary N) is 2. The van der Waals surface area contributed by atoms with Crippen molar-refractivity contribution in [1.82, 2.24) is 15.5 Å². The summed E-state index contributed by atoms with van der Waals surface area (Å²) >= 11 is 0. The molecule has 0 unspecified atom stereocenters. The average molecular weight is 263 g/mol. The fraction of sp³-hybridized carbons (Fsp3) is 0.500. The predicted octanol–water partition coefficient (Wildman–Crippen LogP) is 0.704. The highest BCUT2D eigenvalue weighted by Gasteiger charge is 2.08. The average Bonchev–Trinajstić information content (AvgIpc) is 2.96. The van der Waals surface area contributed by atoms with Gasteiger partial charge in [0, 0.05) is 38.8 Å². The fourth-order valence-electron chi connectivity index (χ4n) is 2.05. The molecule has 1 fully saturated rings. The van der Waals surface area contributed by atoms with Crippen LogP contribution in [0.1, 0.15) is 12.2 Å². The molecule has 5 nitrogen and oxygen atoms in total. The maximum absolute atomic E-state index is 11.5. The lowest BCUT2D eigenvalue weighted by atomic mass is 10.3. The molecular formula is C14H21N3O2. The third kappa shape index (κ3) is 5.28. The van der Waals surface area contributed by atoms with Gasteiger partial charge in [-0.25, -0.2) is 0 Å². The summed E-state index contributed by atoms with van der Waals surface area (Å²) in [6.45, 7) is 6.10. The van der Waals surface area contributed by atoms with Gasteiger partial charge in [0.05, 0.1) is 6.26 Å². The van der Waals surface area contributed by atoms with Crippen LogP contribution >= 0.6 is 0 Å². The van der Waals surface area contributed by atoms with Crippen LogP contribution in [0.2, 0.25) is 0 Å². The number of piperazine rings is 1. The van der Waals surface area contributed by atoms with Gasteiger partial charge in [0.25, 0.3) is 0 Å². The molecule has 2 rings (SSSR count). The molecule has 0 spiro atoms. The van der Waals surface area contributed by atoms with E-state index in [0.717, 1.165) is 39.1 Å². The smallest absolute Gasteiger partial charge is 0.244 e. The lowest BCUT2D eigenvalue weighted by molar-refractivity contribution is -0.116. The van der Waals surface area contributed by atoms with E-state index in [-0.39, 0.29) is 5.91 Å². The van der Waals surface area contributed by atoms with E-state index in [1.807, 2.05) is 6.07 Å². The van der Waals surface area contributed by atoms with E-state index in [4.69, 9.17) is 4.42 Å². The standard InChI is InChI=1S/C14H21N3O2/c18-14(5-4-13-3-1-12-19-13)16-6-2-9-17-10-7-15-8-11-17/h1,3-5,12,15H,2,6-11H2,(H,16,18)/b5-4+. The van der Waals surface area contributed by atoms with Crippen molar-refractivity contribution >= 4 is 12.0 Å². The number of nitrogens with zero attached hydrogens (tertiary/aromatic N) is 1. The van der Waals surface area contributed by atoms with Crippen molar-refractivity contribution in [3.63, 3.8) is 0 Å². The molecule has 0 radical (unpaired) electrons. The summed E-state index contributed by atoms with van der Waals surface area (Å²) < 4.78 is 5.11. The van der Waals surface area contributed by atoms with E-state index in [9.17, 15) is 4.79 Å². The third-order valence-corrected chi connectivity index (χ3v) is 3.10. The molecule has 1 aliphatic rings. The Kier molecular flexibility index (Phi) is 5.65. The Morgan fingerprint density at radius 3 is 3.05 bits per heavy atom. The van der Waals surface area contributed by atoms with Crippen LogP contribution in [-0.4, -0.2) is 50.1 Å². The van der Waals surface area contributed by atoms with E-state index in [1.54, 1.807) is 18.4 Å². The van der Waals surface area contributed by atoms with Gasteiger partial charge < -0.3 is 20.0 Å². The van der Waals surface area contributed by atoms with Crippen molar-refractivity contribution in [1.29, 1.82) is 0 Å². The lowest BCUT2D eigenvalue weighted by Crippen LogP contribution is -2.44. The van der Waals surface area contributed by atoms with Gasteiger partial charge >= 0.3 is 0 Å². The van der Waals surface area contributed by atoms with Crippen LogP contribution in [0.4, 0.5) is 0 Å². The van der Waals surface area contributed by atoms with Crippen LogP contribution in [0.15, 0.2) is 28.9 Å². The van der Waals surface area contributed by atoms with Gasteiger partial charge in [-0.05, 0) is 31.2 Å². The normalized spacial score (nSPS) is 16.8. The molecule has 2 N–H and O–H groups in total. The molecule has 1 aliphatic heterocycles. The number of hydrogen-bond acceptors (Lipinski definition) is 4. The van der Waals surface area contributed by atoms with E-state index in [0.29, 0.717) is 12.3 Å². The minimum atomic E-state index is -0.0725. The number of amides is 1. The first kappa shape index (κ1) is 13.8. The Hall–Kier alpha value is -1.59. The Bertz CT molecular complexity index is 395. The van der Waals surface area contributed by atoms with Crippen molar-refractivity contribution < 1.29 is 9.21 Å². The van der Waals surface area contributed by atoms with Crippen LogP contribution < -0.4 is 10.6 Å². The van der Waals surface area contributed by atoms with Crippen LogP contribution in [0.3, 0.4) is 0 Å². The topological polar surface area (TPSA) is 57.5 Å². The van der Waals surface area contributed by atoms with Crippen molar-refractivity contribution in [2.24, 2.45) is 0 Å². The summed E-state index contributed by atoms with van der Waals surface area (Å²) in [5, 5.41) is 6.20. The summed E-state index contributed by atoms with van der Waals surface area (Å²) in [6.07, 6.45) is 5.75. The van der Waals surface area contributed by atoms with Gasteiger partial charge in [0.15, 0.2) is 0 Å². The van der Waals surface area contributed by atoms with Crippen LogP contribution in [-0.2, 0) is 4.79 Å². The Labute approximate surface area is 113 Å². The molecule has 1 aromatic rings. The molecule has 1 aromatic heterocycles. The van der Waals surface area contributed by atoms with Gasteiger partial charge in [-0.2, -0.15) is 0 Å². The maximum atomic E-state index is 11.5. The minimum absolute atomic E-state index is 0.0725. The van der Waals surface area contributed by atoms with Gasteiger partial charge in [-0.15, -0.1) is 0 Å². The molecule has 0 atom stereocenters. The van der Waals surface area contributed by atoms with Crippen molar-refractivity contribution in [3.05, 3.63) is 30.2 Å². The van der Waals surface area contributed by atoms with Crippen LogP contribution in [0.5, 0.6) is 0 Å². The second-order valence-electron chi connectivity index (χ2n) is 4.58. The Morgan fingerprint density at radius 1 is 1.47 bits per heavy atom. The SMILES string of the molecule is O=C(/C=C/c1ccco1)NCCCN1CCNCC1. The predicted molar refractivity (Wildman–Crippen MR) is 74.7 cm³/mol. The quantitative estimate of drug-likeness (QED) is 0.586. The molecule has 0 aliphatic carbocycles. The van der Waals surface area contributed by atoms with Gasteiger partial charge in [-0.1, -0.05) is 0 Å². The summed E-state index contributed by atoms with van der Waals surface area (Å²) in [6, 6.07) is 3.61. The van der Waals surface area contributed by atoms with E-state index in [1.165, 1.54) is 6.08 Å². The van der Waals surface area contributed by atoms with Crippen LogP contribution in [0.25, 0.3) is 6.08 Å². The molecule has 0 aromatic carbocycles. The molecule has 0 saturated carbocycles. The zero-order valence-corrected chi connectivity index (χ0v) is 11.1. The number of furan rings is 1. The largest absolute Gasteiger partial charge is 0.465 e. The summed E-state index contributed by atoms with van der Waals surface area (Å²) in [4.78, 5) is 13.9. The number of carbonyl (C=O) groups is 1. The lowest BCUT2D eigenvalue weighted by Gasteiger charge is -2.26. The number of carbonyl (C=O) groups excluding carboxylic acids is 1. The van der Waals surface area contributed by atoms with E-state index in [2.05, 4.69) is 15.5 Å².